The molecule has 0 fully saturated rings. The van der Waals surface area contributed by atoms with Crippen LogP contribution in [0.1, 0.15) is 38.9 Å². The highest BCUT2D eigenvalue weighted by Gasteiger charge is 2.45. The van der Waals surface area contributed by atoms with Gasteiger partial charge < -0.3 is 0 Å². The molecule has 0 aromatic heterocycles. The van der Waals surface area contributed by atoms with Gasteiger partial charge in [-0.1, -0.05) is 279 Å². The molecule has 0 nitrogen and oxygen atoms in total. The number of fused-ring (bicyclic) bond motifs is 6. The first-order valence-corrected chi connectivity index (χ1v) is 24.4. The van der Waals surface area contributed by atoms with Crippen molar-refractivity contribution >= 4 is 44.5 Å². The Morgan fingerprint density at radius 3 is 1.14 bits per heavy atom. The summed E-state index contributed by atoms with van der Waals surface area (Å²) in [6.45, 7) is 2.17. The maximum Gasteiger partial charge on any atom is 0.0713 e. The minimum Gasteiger partial charge on any atom is -0.0619 e. The van der Waals surface area contributed by atoms with Gasteiger partial charge in [-0.05, 0) is 128 Å². The van der Waals surface area contributed by atoms with Crippen LogP contribution in [0.5, 0.6) is 0 Å². The monoisotopic (exact) mass is 888 g/mol. The minimum absolute atomic E-state index is 0.413. The summed E-state index contributed by atoms with van der Waals surface area (Å²) in [7, 11) is 0. The third kappa shape index (κ3) is 6.83. The summed E-state index contributed by atoms with van der Waals surface area (Å²) in [5.74, 6) is 0. The van der Waals surface area contributed by atoms with Crippen LogP contribution >= 0.6 is 0 Å². The van der Waals surface area contributed by atoms with Crippen molar-refractivity contribution in [3.8, 4) is 55.6 Å². The standard InChI is InChI=1S/C70H48/c1-47-25-43-56(44-26-47)70(66-23-10-8-16-60(66)61-17-9-11-24-67(61)70)57-45-41-51(42-46-57)50-37-39-55(40-38-50)69-64-20-6-4-18-62(64)68(63-19-5-7-21-65(63)69)54-35-31-49(32-36-54)28-27-48-29-33-53(34-30-48)59-22-12-14-52-13-2-3-15-58(52)59/h2-46H,1H3. The predicted molar refractivity (Wildman–Crippen MR) is 298 cm³/mol. The number of aryl methyl sites for hydroxylation is 1. The average Bonchev–Trinajstić information content (AvgIpc) is 3.73. The van der Waals surface area contributed by atoms with E-state index in [1.54, 1.807) is 0 Å². The van der Waals surface area contributed by atoms with Crippen LogP contribution in [0.15, 0.2) is 261 Å². The van der Waals surface area contributed by atoms with Crippen LogP contribution in [-0.2, 0) is 5.41 Å². The minimum atomic E-state index is -0.413. The molecule has 0 atom stereocenters. The first kappa shape index (κ1) is 41.4. The van der Waals surface area contributed by atoms with E-state index in [1.807, 2.05) is 0 Å². The SMILES string of the molecule is Cc1ccc(C2(c3ccc(-c4ccc(-c5c6ccccc6c(-c6ccc(C=Cc7ccc(-c8cccc9ccccc89)cc7)cc6)c6ccccc56)cc4)cc3)c3ccccc3-c3ccccc32)cc1. The summed E-state index contributed by atoms with van der Waals surface area (Å²) in [5, 5.41) is 7.55. The molecular weight excluding hydrogens is 841 g/mol. The normalized spacial score (nSPS) is 12.7. The van der Waals surface area contributed by atoms with Gasteiger partial charge in [0.15, 0.2) is 0 Å². The van der Waals surface area contributed by atoms with E-state index in [9.17, 15) is 0 Å². The predicted octanol–water partition coefficient (Wildman–Crippen LogP) is 18.7. The Bertz CT molecular complexity index is 3840. The third-order valence-corrected chi connectivity index (χ3v) is 14.9. The summed E-state index contributed by atoms with van der Waals surface area (Å²) in [6.07, 6.45) is 4.42. The van der Waals surface area contributed by atoms with Gasteiger partial charge in [-0.15, -0.1) is 0 Å². The highest BCUT2D eigenvalue weighted by Crippen LogP contribution is 2.56. The Labute approximate surface area is 410 Å². The summed E-state index contributed by atoms with van der Waals surface area (Å²) >= 11 is 0. The molecule has 12 aromatic carbocycles. The molecule has 0 heteroatoms. The van der Waals surface area contributed by atoms with Crippen molar-refractivity contribution in [2.45, 2.75) is 12.3 Å². The molecule has 0 saturated heterocycles. The van der Waals surface area contributed by atoms with Crippen LogP contribution in [0.3, 0.4) is 0 Å². The smallest absolute Gasteiger partial charge is 0.0619 e. The highest BCUT2D eigenvalue weighted by molar-refractivity contribution is 6.21. The lowest BCUT2D eigenvalue weighted by atomic mass is 9.67. The summed E-state index contributed by atoms with van der Waals surface area (Å²) in [5.41, 5.74) is 20.9. The Morgan fingerprint density at radius 2 is 0.629 bits per heavy atom. The van der Waals surface area contributed by atoms with Crippen molar-refractivity contribution in [3.63, 3.8) is 0 Å². The van der Waals surface area contributed by atoms with Crippen molar-refractivity contribution in [1.29, 1.82) is 0 Å². The Morgan fingerprint density at radius 1 is 0.271 bits per heavy atom. The van der Waals surface area contributed by atoms with Crippen molar-refractivity contribution < 1.29 is 0 Å². The second-order valence-electron chi connectivity index (χ2n) is 18.8. The molecule has 328 valence electrons. The summed E-state index contributed by atoms with van der Waals surface area (Å²) in [6, 6.07) is 96.5. The molecule has 0 spiro atoms. The molecule has 13 rings (SSSR count). The van der Waals surface area contributed by atoms with E-state index in [-0.39, 0.29) is 0 Å². The third-order valence-electron chi connectivity index (χ3n) is 14.9. The quantitative estimate of drug-likeness (QED) is 0.105. The van der Waals surface area contributed by atoms with Gasteiger partial charge in [0.25, 0.3) is 0 Å². The molecule has 1 aliphatic rings. The topological polar surface area (TPSA) is 0 Å². The summed E-state index contributed by atoms with van der Waals surface area (Å²) < 4.78 is 0. The summed E-state index contributed by atoms with van der Waals surface area (Å²) in [4.78, 5) is 0. The van der Waals surface area contributed by atoms with Gasteiger partial charge in [-0.2, -0.15) is 0 Å². The zero-order valence-corrected chi connectivity index (χ0v) is 39.0. The van der Waals surface area contributed by atoms with E-state index < -0.39 is 5.41 Å². The molecule has 0 saturated carbocycles. The molecule has 0 aliphatic heterocycles. The van der Waals surface area contributed by atoms with E-state index in [0.29, 0.717) is 0 Å². The van der Waals surface area contributed by atoms with Crippen LogP contribution in [0.4, 0.5) is 0 Å². The van der Waals surface area contributed by atoms with E-state index in [2.05, 4.69) is 280 Å². The van der Waals surface area contributed by atoms with E-state index in [0.717, 1.165) is 0 Å². The average molecular weight is 889 g/mol. The van der Waals surface area contributed by atoms with Crippen LogP contribution in [0.25, 0.3) is 100 Å². The highest BCUT2D eigenvalue weighted by atomic mass is 14.5. The van der Waals surface area contributed by atoms with Gasteiger partial charge >= 0.3 is 0 Å². The van der Waals surface area contributed by atoms with Gasteiger partial charge in [0.1, 0.15) is 0 Å². The lowest BCUT2D eigenvalue weighted by molar-refractivity contribution is 0.768. The lowest BCUT2D eigenvalue weighted by Gasteiger charge is -2.34. The maximum atomic E-state index is 2.36. The van der Waals surface area contributed by atoms with E-state index in [4.69, 9.17) is 0 Å². The first-order chi connectivity index (χ1) is 34.6. The number of rotatable bonds is 8. The fraction of sp³-hybridized carbons (Fsp3) is 0.0286. The molecule has 0 radical (unpaired) electrons. The van der Waals surface area contributed by atoms with Gasteiger partial charge in [-0.3, -0.25) is 0 Å². The number of hydrogen-bond donors (Lipinski definition) is 0. The van der Waals surface area contributed by atoms with E-state index >= 15 is 0 Å². The Kier molecular flexibility index (Phi) is 10.1. The molecule has 0 bridgehead atoms. The molecular formula is C70H48. The zero-order valence-electron chi connectivity index (χ0n) is 39.0. The van der Waals surface area contributed by atoms with Crippen LogP contribution < -0.4 is 0 Å². The number of benzene rings is 12. The molecule has 0 unspecified atom stereocenters. The lowest BCUT2D eigenvalue weighted by Crippen LogP contribution is -2.28. The van der Waals surface area contributed by atoms with Crippen LogP contribution in [0, 0.1) is 6.92 Å². The fourth-order valence-electron chi connectivity index (χ4n) is 11.5. The first-order valence-electron chi connectivity index (χ1n) is 24.4. The fourth-order valence-corrected chi connectivity index (χ4v) is 11.5. The van der Waals surface area contributed by atoms with Crippen molar-refractivity contribution in [1.82, 2.24) is 0 Å². The Balaban J connectivity index is 0.813. The van der Waals surface area contributed by atoms with E-state index in [1.165, 1.54) is 127 Å². The molecule has 70 heavy (non-hydrogen) atoms. The molecule has 0 heterocycles. The second kappa shape index (κ2) is 17.0. The van der Waals surface area contributed by atoms with Crippen molar-refractivity contribution in [2.75, 3.05) is 0 Å². The molecule has 1 aliphatic carbocycles. The Hall–Kier alpha value is -8.84. The maximum absolute atomic E-state index is 2.36. The van der Waals surface area contributed by atoms with Gasteiger partial charge in [0, 0.05) is 0 Å². The van der Waals surface area contributed by atoms with Crippen molar-refractivity contribution in [2.24, 2.45) is 0 Å². The van der Waals surface area contributed by atoms with Crippen LogP contribution in [0.2, 0.25) is 0 Å². The number of hydrogen-bond acceptors (Lipinski definition) is 0. The molecule has 0 amide bonds. The molecule has 12 aromatic rings. The second-order valence-corrected chi connectivity index (χ2v) is 18.8. The zero-order chi connectivity index (χ0) is 46.6. The largest absolute Gasteiger partial charge is 0.0713 e. The van der Waals surface area contributed by atoms with Gasteiger partial charge in [0.05, 0.1) is 5.41 Å². The van der Waals surface area contributed by atoms with Gasteiger partial charge in [0.2, 0.25) is 0 Å². The van der Waals surface area contributed by atoms with Gasteiger partial charge in [-0.25, -0.2) is 0 Å². The van der Waals surface area contributed by atoms with Crippen LogP contribution in [-0.4, -0.2) is 0 Å². The molecule has 0 N–H and O–H groups in total. The van der Waals surface area contributed by atoms with Crippen molar-refractivity contribution in [3.05, 3.63) is 300 Å².